The minimum atomic E-state index is -0.590. The number of carbonyl (C=O) groups is 2. The molecule has 0 bridgehead atoms. The van der Waals surface area contributed by atoms with Crippen LogP contribution < -0.4 is 33.8 Å². The van der Waals surface area contributed by atoms with E-state index >= 15 is 0 Å². The molecule has 1 amide bonds. The summed E-state index contributed by atoms with van der Waals surface area (Å²) in [4.78, 5) is 24.7. The van der Waals surface area contributed by atoms with Crippen LogP contribution in [0.25, 0.3) is 0 Å². The van der Waals surface area contributed by atoms with Gasteiger partial charge in [-0.05, 0) is 73.2 Å². The van der Waals surface area contributed by atoms with Crippen LogP contribution in [0.5, 0.6) is 34.5 Å². The number of methoxy groups -OCH3 is 3. The molecule has 0 aromatic heterocycles. The number of benzene rings is 3. The van der Waals surface area contributed by atoms with Gasteiger partial charge in [0.2, 0.25) is 0 Å². The quantitative estimate of drug-likeness (QED) is 0.170. The number of hydrogen-bond donors (Lipinski definition) is 1. The first-order chi connectivity index (χ1) is 18.0. The Morgan fingerprint density at radius 1 is 0.784 bits per heavy atom. The van der Waals surface area contributed by atoms with Crippen LogP contribution in [0.3, 0.4) is 0 Å². The molecule has 3 rings (SSSR count). The molecule has 194 valence electrons. The maximum Gasteiger partial charge on any atom is 0.343 e. The Morgan fingerprint density at radius 3 is 2.16 bits per heavy atom. The fourth-order valence-corrected chi connectivity index (χ4v) is 3.11. The number of ether oxygens (including phenoxy) is 6. The highest BCUT2D eigenvalue weighted by molar-refractivity contribution is 5.92. The molecular formula is C27H28N2O8. The second-order valence-electron chi connectivity index (χ2n) is 7.36. The molecule has 0 radical (unpaired) electrons. The summed E-state index contributed by atoms with van der Waals surface area (Å²) in [6.07, 6.45) is 1.44. The van der Waals surface area contributed by atoms with Gasteiger partial charge in [-0.2, -0.15) is 5.10 Å². The van der Waals surface area contributed by atoms with Crippen molar-refractivity contribution in [1.82, 2.24) is 5.43 Å². The van der Waals surface area contributed by atoms with Crippen molar-refractivity contribution in [1.29, 1.82) is 0 Å². The molecule has 0 fully saturated rings. The molecule has 10 heteroatoms. The van der Waals surface area contributed by atoms with Crippen LogP contribution >= 0.6 is 0 Å². The van der Waals surface area contributed by atoms with Crippen molar-refractivity contribution in [3.8, 4) is 34.5 Å². The molecule has 0 spiro atoms. The molecule has 3 aromatic carbocycles. The summed E-state index contributed by atoms with van der Waals surface area (Å²) < 4.78 is 32.1. The third kappa shape index (κ3) is 7.63. The molecule has 0 atom stereocenters. The molecule has 0 aliphatic heterocycles. The summed E-state index contributed by atoms with van der Waals surface area (Å²) in [7, 11) is 4.56. The van der Waals surface area contributed by atoms with Gasteiger partial charge in [-0.15, -0.1) is 0 Å². The lowest BCUT2D eigenvalue weighted by Crippen LogP contribution is -2.24. The Labute approximate surface area is 214 Å². The second kappa shape index (κ2) is 13.4. The minimum absolute atomic E-state index is 0.209. The van der Waals surface area contributed by atoms with Gasteiger partial charge in [0, 0.05) is 0 Å². The smallest absolute Gasteiger partial charge is 0.343 e. The van der Waals surface area contributed by atoms with Gasteiger partial charge in [-0.25, -0.2) is 10.2 Å². The first-order valence-corrected chi connectivity index (χ1v) is 11.3. The summed E-state index contributed by atoms with van der Waals surface area (Å²) in [6.45, 7) is 1.95. The zero-order valence-corrected chi connectivity index (χ0v) is 21.0. The van der Waals surface area contributed by atoms with E-state index in [9.17, 15) is 9.59 Å². The summed E-state index contributed by atoms with van der Waals surface area (Å²) >= 11 is 0. The lowest BCUT2D eigenvalue weighted by atomic mass is 10.2. The number of carbonyl (C=O) groups excluding carboxylic acids is 2. The van der Waals surface area contributed by atoms with Gasteiger partial charge < -0.3 is 28.4 Å². The van der Waals surface area contributed by atoms with Gasteiger partial charge >= 0.3 is 5.97 Å². The van der Waals surface area contributed by atoms with Gasteiger partial charge in [0.15, 0.2) is 29.6 Å². The van der Waals surface area contributed by atoms with Crippen LogP contribution in [0.2, 0.25) is 0 Å². The Kier molecular flexibility index (Phi) is 9.72. The van der Waals surface area contributed by atoms with Gasteiger partial charge in [-0.3, -0.25) is 4.79 Å². The molecule has 0 aliphatic rings. The van der Waals surface area contributed by atoms with E-state index in [2.05, 4.69) is 10.5 Å². The molecule has 1 N–H and O–H groups in total. The van der Waals surface area contributed by atoms with Gasteiger partial charge in [0.1, 0.15) is 11.5 Å². The average molecular weight is 509 g/mol. The largest absolute Gasteiger partial charge is 0.497 e. The normalized spacial score (nSPS) is 10.5. The van der Waals surface area contributed by atoms with Crippen molar-refractivity contribution in [2.24, 2.45) is 5.10 Å². The topological polar surface area (TPSA) is 114 Å². The number of amides is 1. The summed E-state index contributed by atoms with van der Waals surface area (Å²) in [5.41, 5.74) is 3.30. The maximum atomic E-state index is 12.7. The zero-order valence-electron chi connectivity index (χ0n) is 21.0. The number of esters is 1. The van der Waals surface area contributed by atoms with Crippen LogP contribution in [0, 0.1) is 0 Å². The highest BCUT2D eigenvalue weighted by atomic mass is 16.6. The Hall–Kier alpha value is -4.73. The van der Waals surface area contributed by atoms with Crippen molar-refractivity contribution >= 4 is 18.1 Å². The molecule has 0 saturated carbocycles. The predicted octanol–water partition coefficient (Wildman–Crippen LogP) is 3.86. The molecular weight excluding hydrogens is 480 g/mol. The molecule has 3 aromatic rings. The van der Waals surface area contributed by atoms with Gasteiger partial charge in [0.05, 0.1) is 39.7 Å². The minimum Gasteiger partial charge on any atom is -0.497 e. The standard InChI is InChI=1S/C27H28N2O8/c1-5-35-25-14-18(16-28-29-26(30)17-36-21-10-8-20(32-2)9-11-21)6-12-23(25)37-27(31)19-7-13-22(33-3)24(15-19)34-4/h6-16H,5,17H2,1-4H3,(H,29,30)/b28-16+. The SMILES string of the molecule is CCOc1cc(/C=N/NC(=O)COc2ccc(OC)cc2)ccc1OC(=O)c1ccc(OC)c(OC)c1. The lowest BCUT2D eigenvalue weighted by Gasteiger charge is -2.12. The van der Waals surface area contributed by atoms with Crippen molar-refractivity contribution in [2.45, 2.75) is 6.92 Å². The van der Waals surface area contributed by atoms with E-state index in [4.69, 9.17) is 28.4 Å². The van der Waals surface area contributed by atoms with Crippen LogP contribution in [0.15, 0.2) is 65.8 Å². The van der Waals surface area contributed by atoms with Crippen molar-refractivity contribution in [3.05, 3.63) is 71.8 Å². The van der Waals surface area contributed by atoms with Crippen LogP contribution in [-0.2, 0) is 4.79 Å². The highest BCUT2D eigenvalue weighted by Crippen LogP contribution is 2.31. The molecule has 0 saturated heterocycles. The van der Waals surface area contributed by atoms with E-state index in [1.807, 2.05) is 6.92 Å². The number of rotatable bonds is 12. The van der Waals surface area contributed by atoms with E-state index in [1.54, 1.807) is 61.7 Å². The first-order valence-electron chi connectivity index (χ1n) is 11.3. The molecule has 0 heterocycles. The second-order valence-corrected chi connectivity index (χ2v) is 7.36. The fraction of sp³-hybridized carbons (Fsp3) is 0.222. The summed E-state index contributed by atoms with van der Waals surface area (Å²) in [6, 6.07) is 16.5. The summed E-state index contributed by atoms with van der Waals surface area (Å²) in [5.74, 6) is 1.67. The Balaban J connectivity index is 1.61. The monoisotopic (exact) mass is 508 g/mol. The van der Waals surface area contributed by atoms with Crippen LogP contribution in [0.4, 0.5) is 0 Å². The number of hydrogen-bond acceptors (Lipinski definition) is 9. The average Bonchev–Trinajstić information content (AvgIpc) is 2.93. The van der Waals surface area contributed by atoms with Crippen molar-refractivity contribution in [2.75, 3.05) is 34.5 Å². The predicted molar refractivity (Wildman–Crippen MR) is 136 cm³/mol. The Bertz CT molecular complexity index is 1240. The fourth-order valence-electron chi connectivity index (χ4n) is 3.11. The van der Waals surface area contributed by atoms with Crippen molar-refractivity contribution < 1.29 is 38.0 Å². The first kappa shape index (κ1) is 26.9. The third-order valence-corrected chi connectivity index (χ3v) is 4.92. The van der Waals surface area contributed by atoms with E-state index < -0.39 is 11.9 Å². The van der Waals surface area contributed by atoms with Gasteiger partial charge in [0.25, 0.3) is 5.91 Å². The van der Waals surface area contributed by atoms with E-state index in [0.717, 1.165) is 0 Å². The van der Waals surface area contributed by atoms with Crippen LogP contribution in [0.1, 0.15) is 22.8 Å². The highest BCUT2D eigenvalue weighted by Gasteiger charge is 2.16. The lowest BCUT2D eigenvalue weighted by molar-refractivity contribution is -0.123. The maximum absolute atomic E-state index is 12.7. The Morgan fingerprint density at radius 2 is 1.49 bits per heavy atom. The van der Waals surface area contributed by atoms with E-state index in [1.165, 1.54) is 26.5 Å². The molecule has 0 unspecified atom stereocenters. The zero-order chi connectivity index (χ0) is 26.6. The molecule has 37 heavy (non-hydrogen) atoms. The van der Waals surface area contributed by atoms with Crippen LogP contribution in [-0.4, -0.2) is 52.6 Å². The van der Waals surface area contributed by atoms with E-state index in [0.29, 0.717) is 40.9 Å². The number of nitrogens with one attached hydrogen (secondary N) is 1. The third-order valence-electron chi connectivity index (χ3n) is 4.92. The summed E-state index contributed by atoms with van der Waals surface area (Å²) in [5, 5.41) is 3.94. The van der Waals surface area contributed by atoms with Crippen molar-refractivity contribution in [3.63, 3.8) is 0 Å². The van der Waals surface area contributed by atoms with Gasteiger partial charge in [-0.1, -0.05) is 0 Å². The molecule has 0 aliphatic carbocycles. The number of nitrogens with zero attached hydrogens (tertiary/aromatic N) is 1. The number of hydrazone groups is 1. The molecule has 10 nitrogen and oxygen atoms in total. The van der Waals surface area contributed by atoms with E-state index in [-0.39, 0.29) is 17.9 Å².